The van der Waals surface area contributed by atoms with Crippen LogP contribution in [0.15, 0.2) is 67.1 Å². The van der Waals surface area contributed by atoms with Gasteiger partial charge < -0.3 is 19.7 Å². The van der Waals surface area contributed by atoms with Crippen LogP contribution in [0.25, 0.3) is 11.3 Å². The Hall–Kier alpha value is -4.00. The smallest absolute Gasteiger partial charge is 0.260 e. The van der Waals surface area contributed by atoms with E-state index in [1.165, 1.54) is 0 Å². The van der Waals surface area contributed by atoms with Crippen molar-refractivity contribution in [3.8, 4) is 17.2 Å². The molecule has 1 aliphatic heterocycles. The minimum atomic E-state index is -0.458. The number of phenolic OH excluding ortho intramolecular Hbond substituents is 1. The lowest BCUT2D eigenvalue weighted by Crippen LogP contribution is -2.37. The number of aromatic hydroxyl groups is 1. The monoisotopic (exact) mass is 417 g/mol. The van der Waals surface area contributed by atoms with Crippen LogP contribution >= 0.6 is 0 Å². The maximum absolute atomic E-state index is 12.5. The Morgan fingerprint density at radius 2 is 1.87 bits per heavy atom. The molecule has 7 nitrogen and oxygen atoms in total. The van der Waals surface area contributed by atoms with Gasteiger partial charge in [0.15, 0.2) is 11.5 Å². The second-order valence-corrected chi connectivity index (χ2v) is 7.19. The number of aromatic nitrogens is 1. The summed E-state index contributed by atoms with van der Waals surface area (Å²) in [7, 11) is 0. The third-order valence-electron chi connectivity index (χ3n) is 4.95. The third kappa shape index (κ3) is 4.30. The number of hydrogen-bond donors (Lipinski definition) is 3. The molecular weight excluding hydrogens is 394 g/mol. The lowest BCUT2D eigenvalue weighted by Gasteiger charge is -2.19. The van der Waals surface area contributed by atoms with Gasteiger partial charge in [-0.15, -0.1) is 0 Å². The van der Waals surface area contributed by atoms with Gasteiger partial charge in [-0.2, -0.15) is 0 Å². The molecule has 7 heteroatoms. The highest BCUT2D eigenvalue weighted by molar-refractivity contribution is 6.31. The summed E-state index contributed by atoms with van der Waals surface area (Å²) in [6.07, 6.45) is 6.25. The molecule has 0 saturated carbocycles. The zero-order valence-electron chi connectivity index (χ0n) is 17.1. The van der Waals surface area contributed by atoms with Crippen molar-refractivity contribution >= 4 is 17.4 Å². The van der Waals surface area contributed by atoms with Crippen LogP contribution in [0.2, 0.25) is 0 Å². The van der Waals surface area contributed by atoms with Gasteiger partial charge in [0, 0.05) is 42.0 Å². The predicted molar refractivity (Wildman–Crippen MR) is 117 cm³/mol. The number of fused-ring (bicyclic) bond motifs is 1. The number of nitrogens with one attached hydrogen (secondary N) is 2. The number of rotatable bonds is 7. The molecule has 0 bridgehead atoms. The van der Waals surface area contributed by atoms with E-state index >= 15 is 0 Å². The van der Waals surface area contributed by atoms with Crippen LogP contribution in [-0.4, -0.2) is 28.1 Å². The van der Waals surface area contributed by atoms with E-state index in [1.54, 1.807) is 24.4 Å². The van der Waals surface area contributed by atoms with Gasteiger partial charge in [0.2, 0.25) is 0 Å². The first-order valence-electron chi connectivity index (χ1n) is 10.1. The summed E-state index contributed by atoms with van der Waals surface area (Å²) >= 11 is 0. The molecule has 0 radical (unpaired) electrons. The van der Waals surface area contributed by atoms with E-state index in [1.807, 2.05) is 54.2 Å². The molecular formula is C24H23N3O4. The number of benzene rings is 2. The number of amides is 2. The number of ether oxygens (including phenoxy) is 1. The second-order valence-electron chi connectivity index (χ2n) is 7.19. The quantitative estimate of drug-likeness (QED) is 0.405. The molecule has 2 aromatic carbocycles. The minimum Gasteiger partial charge on any atom is -0.504 e. The lowest BCUT2D eigenvalue weighted by molar-refractivity contribution is -0.114. The first kappa shape index (κ1) is 20.3. The van der Waals surface area contributed by atoms with Crippen LogP contribution in [0.4, 0.5) is 0 Å². The molecule has 0 spiro atoms. The van der Waals surface area contributed by atoms with Gasteiger partial charge in [-0.25, -0.2) is 0 Å². The summed E-state index contributed by atoms with van der Waals surface area (Å²) in [5, 5.41) is 15.6. The molecule has 4 rings (SSSR count). The van der Waals surface area contributed by atoms with Gasteiger partial charge in [-0.1, -0.05) is 13.0 Å². The summed E-state index contributed by atoms with van der Waals surface area (Å²) in [4.78, 5) is 24.8. The predicted octanol–water partition coefficient (Wildman–Crippen LogP) is 3.37. The lowest BCUT2D eigenvalue weighted by atomic mass is 9.95. The van der Waals surface area contributed by atoms with Gasteiger partial charge >= 0.3 is 0 Å². The molecule has 0 saturated heterocycles. The minimum absolute atomic E-state index is 0.0723. The van der Waals surface area contributed by atoms with E-state index < -0.39 is 11.8 Å². The van der Waals surface area contributed by atoms with Crippen molar-refractivity contribution in [2.24, 2.45) is 0 Å². The largest absolute Gasteiger partial charge is 0.504 e. The Bertz CT molecular complexity index is 1150. The average Bonchev–Trinajstić information content (AvgIpc) is 3.30. The normalized spacial score (nSPS) is 14.3. The molecule has 0 aliphatic carbocycles. The summed E-state index contributed by atoms with van der Waals surface area (Å²) in [5.74, 6) is -0.353. The van der Waals surface area contributed by atoms with E-state index in [4.69, 9.17) is 4.74 Å². The Labute approximate surface area is 180 Å². The molecule has 0 unspecified atom stereocenters. The summed E-state index contributed by atoms with van der Waals surface area (Å²) < 4.78 is 7.39. The maximum atomic E-state index is 12.5. The fourth-order valence-electron chi connectivity index (χ4n) is 3.40. The maximum Gasteiger partial charge on any atom is 0.260 e. The van der Waals surface area contributed by atoms with Crippen molar-refractivity contribution in [2.45, 2.75) is 19.9 Å². The number of nitrogens with zero attached hydrogens (tertiary/aromatic N) is 1. The van der Waals surface area contributed by atoms with Gasteiger partial charge in [0.25, 0.3) is 11.8 Å². The van der Waals surface area contributed by atoms with Crippen LogP contribution in [-0.2, 0) is 11.3 Å². The first-order chi connectivity index (χ1) is 15.1. The van der Waals surface area contributed by atoms with Gasteiger partial charge in [-0.05, 0) is 54.4 Å². The van der Waals surface area contributed by atoms with Crippen molar-refractivity contribution in [1.29, 1.82) is 0 Å². The van der Waals surface area contributed by atoms with Crippen molar-refractivity contribution in [1.82, 2.24) is 15.2 Å². The molecule has 3 N–H and O–H groups in total. The molecule has 2 amide bonds. The third-order valence-corrected chi connectivity index (χ3v) is 4.95. The first-order valence-corrected chi connectivity index (χ1v) is 10.1. The Morgan fingerprint density at radius 1 is 1.06 bits per heavy atom. The summed E-state index contributed by atoms with van der Waals surface area (Å²) in [5.41, 5.74) is 3.06. The van der Waals surface area contributed by atoms with Crippen molar-refractivity contribution in [2.75, 3.05) is 6.61 Å². The zero-order valence-corrected chi connectivity index (χ0v) is 17.1. The molecule has 0 atom stereocenters. The fourth-order valence-corrected chi connectivity index (χ4v) is 3.40. The molecule has 31 heavy (non-hydrogen) atoms. The Morgan fingerprint density at radius 3 is 2.61 bits per heavy atom. The van der Waals surface area contributed by atoms with E-state index in [2.05, 4.69) is 10.6 Å². The Balaban J connectivity index is 1.56. The van der Waals surface area contributed by atoms with Crippen molar-refractivity contribution in [3.63, 3.8) is 0 Å². The number of hydrogen-bond acceptors (Lipinski definition) is 5. The van der Waals surface area contributed by atoms with Gasteiger partial charge in [0.1, 0.15) is 0 Å². The average molecular weight is 417 g/mol. The zero-order chi connectivity index (χ0) is 21.8. The van der Waals surface area contributed by atoms with Gasteiger partial charge in [0.05, 0.1) is 12.2 Å². The standard InChI is InChI=1S/C24H23N3O4/c1-2-11-31-22-8-5-16(12-21(22)28)14-25-15-20-19-13-17(27-9-3-4-10-27)6-7-18(19)23(29)26-24(20)30/h3-10,12-13,15,25,28H,2,11,14H2,1H3,(H,26,29,30)/b20-15+. The molecule has 2 heterocycles. The van der Waals surface area contributed by atoms with E-state index in [0.29, 0.717) is 35.6 Å². The fraction of sp³-hybridized carbons (Fsp3) is 0.167. The summed E-state index contributed by atoms with van der Waals surface area (Å²) in [6.45, 7) is 2.92. The summed E-state index contributed by atoms with van der Waals surface area (Å²) in [6, 6.07) is 14.4. The highest BCUT2D eigenvalue weighted by atomic mass is 16.5. The molecule has 158 valence electrons. The van der Waals surface area contributed by atoms with Crippen LogP contribution in [0.3, 0.4) is 0 Å². The van der Waals surface area contributed by atoms with Crippen LogP contribution in [0, 0.1) is 0 Å². The topological polar surface area (TPSA) is 92.6 Å². The highest BCUT2D eigenvalue weighted by Crippen LogP contribution is 2.28. The molecule has 1 aromatic heterocycles. The Kier molecular flexibility index (Phi) is 5.75. The molecule has 0 fully saturated rings. The molecule has 1 aliphatic rings. The number of phenols is 1. The van der Waals surface area contributed by atoms with Crippen LogP contribution in [0.5, 0.6) is 11.5 Å². The SMILES string of the molecule is CCCOc1ccc(CN/C=C2/C(=O)NC(=O)c3ccc(-n4cccc4)cc32)cc1O. The van der Waals surface area contributed by atoms with E-state index in [-0.39, 0.29) is 5.75 Å². The van der Waals surface area contributed by atoms with Gasteiger partial charge in [-0.3, -0.25) is 14.9 Å². The second kappa shape index (κ2) is 8.79. The van der Waals surface area contributed by atoms with E-state index in [0.717, 1.165) is 17.7 Å². The van der Waals surface area contributed by atoms with Crippen LogP contribution in [0.1, 0.15) is 34.8 Å². The van der Waals surface area contributed by atoms with Crippen molar-refractivity contribution < 1.29 is 19.4 Å². The highest BCUT2D eigenvalue weighted by Gasteiger charge is 2.27. The number of imide groups is 1. The van der Waals surface area contributed by atoms with Crippen molar-refractivity contribution in [3.05, 3.63) is 83.8 Å². The number of carbonyl (C=O) groups is 2. The van der Waals surface area contributed by atoms with Crippen LogP contribution < -0.4 is 15.4 Å². The van der Waals surface area contributed by atoms with E-state index in [9.17, 15) is 14.7 Å². The molecule has 3 aromatic rings. The number of carbonyl (C=O) groups excluding carboxylic acids is 2.